The molecule has 1 fully saturated rings. The van der Waals surface area contributed by atoms with Crippen LogP contribution in [0.15, 0.2) is 12.1 Å². The summed E-state index contributed by atoms with van der Waals surface area (Å²) in [5.74, 6) is -2.46. The highest BCUT2D eigenvalue weighted by Gasteiger charge is 2.40. The highest BCUT2D eigenvalue weighted by atomic mass is 19.4. The van der Waals surface area contributed by atoms with Gasteiger partial charge in [0.05, 0.1) is 19.6 Å². The Bertz CT molecular complexity index is 951. The molecule has 0 spiro atoms. The van der Waals surface area contributed by atoms with Gasteiger partial charge >= 0.3 is 12.3 Å². The lowest BCUT2D eigenvalue weighted by atomic mass is 9.87. The number of amides is 2. The van der Waals surface area contributed by atoms with Crippen LogP contribution < -0.4 is 10.1 Å². The molecule has 1 aliphatic carbocycles. The van der Waals surface area contributed by atoms with E-state index in [-0.39, 0.29) is 42.9 Å². The topological polar surface area (TPSA) is 80.8 Å². The van der Waals surface area contributed by atoms with Crippen LogP contribution in [0.1, 0.15) is 63.1 Å². The van der Waals surface area contributed by atoms with Crippen molar-refractivity contribution in [3.05, 3.63) is 29.2 Å². The number of allylic oxidation sites excluding steroid dienone is 2. The Morgan fingerprint density at radius 3 is 2.69 bits per heavy atom. The zero-order chi connectivity index (χ0) is 25.6. The Morgan fingerprint density at radius 1 is 1.29 bits per heavy atom. The second kappa shape index (κ2) is 11.7. The molecular formula is C24H31F4N3O4. The summed E-state index contributed by atoms with van der Waals surface area (Å²) in [5, 5.41) is 2.70. The van der Waals surface area contributed by atoms with Crippen LogP contribution in [0.5, 0.6) is 5.88 Å². The number of carbonyl (C=O) groups excluding carboxylic acids is 2. The Balaban J connectivity index is 1.65. The van der Waals surface area contributed by atoms with Crippen molar-refractivity contribution in [1.29, 1.82) is 0 Å². The fourth-order valence-corrected chi connectivity index (χ4v) is 4.33. The molecule has 7 nitrogen and oxygen atoms in total. The third kappa shape index (κ3) is 6.64. The van der Waals surface area contributed by atoms with E-state index in [0.717, 1.165) is 12.8 Å². The zero-order valence-corrected chi connectivity index (χ0v) is 19.9. The van der Waals surface area contributed by atoms with Crippen LogP contribution in [-0.2, 0) is 16.1 Å². The third-order valence-electron chi connectivity index (χ3n) is 6.35. The molecule has 0 bridgehead atoms. The van der Waals surface area contributed by atoms with Gasteiger partial charge < -0.3 is 14.8 Å². The molecule has 1 N–H and O–H groups in total. The van der Waals surface area contributed by atoms with E-state index in [0.29, 0.717) is 31.6 Å². The van der Waals surface area contributed by atoms with Crippen molar-refractivity contribution < 1.29 is 36.6 Å². The number of carbonyl (C=O) groups is 2. The fraction of sp³-hybridized carbons (Fsp3) is 0.625. The van der Waals surface area contributed by atoms with E-state index in [1.165, 1.54) is 24.2 Å². The predicted octanol–water partition coefficient (Wildman–Crippen LogP) is 4.99. The molecule has 35 heavy (non-hydrogen) atoms. The van der Waals surface area contributed by atoms with Gasteiger partial charge in [-0.05, 0) is 50.2 Å². The van der Waals surface area contributed by atoms with Gasteiger partial charge in [-0.1, -0.05) is 19.4 Å². The molecule has 0 aromatic carbocycles. The van der Waals surface area contributed by atoms with Crippen LogP contribution in [0.25, 0.3) is 5.57 Å². The lowest BCUT2D eigenvalue weighted by Crippen LogP contribution is -2.46. The summed E-state index contributed by atoms with van der Waals surface area (Å²) in [6.07, 6.45) is -0.952. The first-order chi connectivity index (χ1) is 16.7. The van der Waals surface area contributed by atoms with Gasteiger partial charge in [-0.15, -0.1) is 0 Å². The number of nitrogens with one attached hydrogen (secondary N) is 1. The van der Waals surface area contributed by atoms with E-state index in [1.807, 2.05) is 6.92 Å². The summed E-state index contributed by atoms with van der Waals surface area (Å²) >= 11 is 0. The van der Waals surface area contributed by atoms with E-state index >= 15 is 0 Å². The minimum Gasteiger partial charge on any atom is -0.481 e. The Hall–Kier alpha value is -2.85. The lowest BCUT2D eigenvalue weighted by Gasteiger charge is -2.24. The van der Waals surface area contributed by atoms with Crippen LogP contribution in [0.2, 0.25) is 0 Å². The lowest BCUT2D eigenvalue weighted by molar-refractivity contribution is -0.175. The van der Waals surface area contributed by atoms with Gasteiger partial charge in [0.2, 0.25) is 11.8 Å². The van der Waals surface area contributed by atoms with Crippen LogP contribution in [0, 0.1) is 11.7 Å². The number of rotatable bonds is 8. The summed E-state index contributed by atoms with van der Waals surface area (Å²) in [6, 6.07) is 0.491. The molecule has 0 saturated carbocycles. The number of hydrogen-bond donors (Lipinski definition) is 1. The van der Waals surface area contributed by atoms with E-state index < -0.39 is 36.0 Å². The van der Waals surface area contributed by atoms with Crippen molar-refractivity contribution in [1.82, 2.24) is 15.2 Å². The number of hydrogen-bond acceptors (Lipinski definition) is 5. The number of likely N-dealkylation sites (tertiary alicyclic amines) is 1. The van der Waals surface area contributed by atoms with Gasteiger partial charge in [0.25, 0.3) is 0 Å². The molecule has 1 saturated heterocycles. The SMILES string of the molecule is CCCCOC(=O)N1CCCC1C(=O)NCc1cc(F)c(C2=CCC(C(F)(F)F)CC2)nc1OC. The first kappa shape index (κ1) is 26.7. The zero-order valence-electron chi connectivity index (χ0n) is 19.9. The maximum atomic E-state index is 14.9. The number of methoxy groups -OCH3 is 1. The van der Waals surface area contributed by atoms with Gasteiger partial charge in [0, 0.05) is 18.7 Å². The first-order valence-electron chi connectivity index (χ1n) is 11.9. The van der Waals surface area contributed by atoms with Crippen LogP contribution in [0.4, 0.5) is 22.4 Å². The number of unbranched alkanes of at least 4 members (excludes halogenated alkanes) is 1. The molecular weight excluding hydrogens is 470 g/mol. The number of aromatic nitrogens is 1. The summed E-state index contributed by atoms with van der Waals surface area (Å²) in [6.45, 7) is 2.61. The quantitative estimate of drug-likeness (QED) is 0.401. The number of nitrogens with zero attached hydrogens (tertiary/aromatic N) is 2. The number of alkyl halides is 3. The van der Waals surface area contributed by atoms with Gasteiger partial charge in [-0.3, -0.25) is 9.69 Å². The van der Waals surface area contributed by atoms with E-state index in [1.54, 1.807) is 0 Å². The molecule has 0 radical (unpaired) electrons. The number of pyridine rings is 1. The third-order valence-corrected chi connectivity index (χ3v) is 6.35. The highest BCUT2D eigenvalue weighted by Crippen LogP contribution is 2.40. The average Bonchev–Trinajstić information content (AvgIpc) is 3.32. The molecule has 2 heterocycles. The molecule has 1 aliphatic heterocycles. The van der Waals surface area contributed by atoms with Crippen molar-refractivity contribution in [2.45, 2.75) is 70.6 Å². The van der Waals surface area contributed by atoms with Crippen molar-refractivity contribution >= 4 is 17.6 Å². The van der Waals surface area contributed by atoms with Crippen molar-refractivity contribution in [2.75, 3.05) is 20.3 Å². The summed E-state index contributed by atoms with van der Waals surface area (Å²) < 4.78 is 64.1. The molecule has 11 heteroatoms. The van der Waals surface area contributed by atoms with Crippen LogP contribution in [0.3, 0.4) is 0 Å². The van der Waals surface area contributed by atoms with Gasteiger partial charge in [-0.25, -0.2) is 14.2 Å². The largest absolute Gasteiger partial charge is 0.481 e. The predicted molar refractivity (Wildman–Crippen MR) is 120 cm³/mol. The second-order valence-electron chi connectivity index (χ2n) is 8.77. The van der Waals surface area contributed by atoms with Crippen LogP contribution >= 0.6 is 0 Å². The number of halogens is 4. The van der Waals surface area contributed by atoms with Gasteiger partial charge in [-0.2, -0.15) is 13.2 Å². The smallest absolute Gasteiger partial charge is 0.410 e. The highest BCUT2D eigenvalue weighted by molar-refractivity contribution is 5.86. The summed E-state index contributed by atoms with van der Waals surface area (Å²) in [4.78, 5) is 30.6. The van der Waals surface area contributed by atoms with Gasteiger partial charge in [0.1, 0.15) is 17.6 Å². The van der Waals surface area contributed by atoms with E-state index in [4.69, 9.17) is 9.47 Å². The van der Waals surface area contributed by atoms with Crippen molar-refractivity contribution in [3.63, 3.8) is 0 Å². The second-order valence-corrected chi connectivity index (χ2v) is 8.77. The Kier molecular flexibility index (Phi) is 8.96. The average molecular weight is 502 g/mol. The molecule has 194 valence electrons. The molecule has 2 aliphatic rings. The maximum absolute atomic E-state index is 14.9. The minimum atomic E-state index is -4.28. The fourth-order valence-electron chi connectivity index (χ4n) is 4.33. The first-order valence-corrected chi connectivity index (χ1v) is 11.9. The van der Waals surface area contributed by atoms with Crippen molar-refractivity contribution in [2.24, 2.45) is 5.92 Å². The van der Waals surface area contributed by atoms with E-state index in [9.17, 15) is 27.2 Å². The molecule has 2 unspecified atom stereocenters. The van der Waals surface area contributed by atoms with Crippen LogP contribution in [-0.4, -0.2) is 54.4 Å². The maximum Gasteiger partial charge on any atom is 0.410 e. The summed E-state index contributed by atoms with van der Waals surface area (Å²) in [5.41, 5.74) is 0.635. The molecule has 1 aromatic heterocycles. The monoisotopic (exact) mass is 501 g/mol. The normalized spacial score (nSPS) is 20.4. The van der Waals surface area contributed by atoms with Gasteiger partial charge in [0.15, 0.2) is 0 Å². The van der Waals surface area contributed by atoms with Crippen molar-refractivity contribution in [3.8, 4) is 5.88 Å². The minimum absolute atomic E-state index is 0.0469. The standard InChI is InChI=1S/C24H31F4N3O4/c1-3-4-12-35-23(33)31-11-5-6-19(31)21(32)29-14-16-13-18(25)20(30-22(16)34-2)15-7-9-17(10-8-15)24(26,27)28/h7,13,17,19H,3-6,8-12,14H2,1-2H3,(H,29,32). The van der Waals surface area contributed by atoms with E-state index in [2.05, 4.69) is 10.3 Å². The Labute approximate surface area is 201 Å². The molecule has 2 atom stereocenters. The molecule has 2 amide bonds. The molecule has 3 rings (SSSR count). The summed E-state index contributed by atoms with van der Waals surface area (Å²) in [7, 11) is 1.34. The number of ether oxygens (including phenoxy) is 2. The Morgan fingerprint density at radius 2 is 2.06 bits per heavy atom. The molecule has 1 aromatic rings.